The zero-order chi connectivity index (χ0) is 13.0. The molecule has 18 heavy (non-hydrogen) atoms. The lowest BCUT2D eigenvalue weighted by atomic mass is 10.2. The van der Waals surface area contributed by atoms with Gasteiger partial charge in [-0.3, -0.25) is 0 Å². The fourth-order valence-electron chi connectivity index (χ4n) is 1.87. The molecule has 0 amide bonds. The van der Waals surface area contributed by atoms with Crippen molar-refractivity contribution in [3.8, 4) is 0 Å². The van der Waals surface area contributed by atoms with Gasteiger partial charge in [0, 0.05) is 11.1 Å². The van der Waals surface area contributed by atoms with Crippen LogP contribution in [-0.2, 0) is 0 Å². The second-order valence-corrected chi connectivity index (χ2v) is 5.78. The maximum Gasteiger partial charge on any atom is 0.152 e. The minimum atomic E-state index is 0.241. The van der Waals surface area contributed by atoms with E-state index < -0.39 is 0 Å². The molecule has 1 N–H and O–H groups in total. The van der Waals surface area contributed by atoms with Crippen LogP contribution in [0.4, 0.5) is 0 Å². The zero-order valence-electron chi connectivity index (χ0n) is 10.7. The van der Waals surface area contributed by atoms with Crippen LogP contribution in [0.25, 0.3) is 11.0 Å². The molecule has 2 rings (SSSR count). The number of rotatable bonds is 6. The summed E-state index contributed by atoms with van der Waals surface area (Å²) < 4.78 is 5.87. The second kappa shape index (κ2) is 6.50. The molecule has 1 aromatic heterocycles. The molecule has 0 aliphatic heterocycles. The highest BCUT2D eigenvalue weighted by Gasteiger charge is 2.15. The van der Waals surface area contributed by atoms with Crippen LogP contribution in [-0.4, -0.2) is 18.6 Å². The first-order chi connectivity index (χ1) is 8.76. The lowest BCUT2D eigenvalue weighted by molar-refractivity contribution is 0.479. The third kappa shape index (κ3) is 3.02. The molecule has 98 valence electrons. The number of nitrogens with one attached hydrogen (secondary N) is 1. The molecule has 1 aromatic carbocycles. The summed E-state index contributed by atoms with van der Waals surface area (Å²) in [6.07, 6.45) is 1.20. The molecule has 0 bridgehead atoms. The number of thioether (sulfide) groups is 1. The van der Waals surface area contributed by atoms with Crippen molar-refractivity contribution in [3.05, 3.63) is 35.0 Å². The molecule has 0 saturated carbocycles. The number of hydrogen-bond acceptors (Lipinski definition) is 3. The van der Waals surface area contributed by atoms with Crippen LogP contribution in [0.3, 0.4) is 0 Å². The molecule has 1 atom stereocenters. The number of furan rings is 1. The Kier molecular flexibility index (Phi) is 4.98. The van der Waals surface area contributed by atoms with Gasteiger partial charge in [-0.1, -0.05) is 30.7 Å². The van der Waals surface area contributed by atoms with Gasteiger partial charge in [0.1, 0.15) is 5.76 Å². The van der Waals surface area contributed by atoms with E-state index in [1.807, 2.05) is 37.0 Å². The zero-order valence-corrected chi connectivity index (χ0v) is 12.3. The predicted octanol–water partition coefficient (Wildman–Crippen LogP) is 4.49. The molecule has 1 heterocycles. The van der Waals surface area contributed by atoms with E-state index in [9.17, 15) is 0 Å². The SMILES string of the molecule is CCCSCC(NC)c1cc2cccc(Cl)c2o1. The number of halogens is 1. The molecular formula is C14H18ClNOS. The molecule has 0 radical (unpaired) electrons. The van der Waals surface area contributed by atoms with Gasteiger partial charge in [0.15, 0.2) is 5.58 Å². The Balaban J connectivity index is 2.20. The van der Waals surface area contributed by atoms with E-state index >= 15 is 0 Å². The minimum absolute atomic E-state index is 0.241. The molecule has 1 unspecified atom stereocenters. The van der Waals surface area contributed by atoms with Crippen LogP contribution in [0.5, 0.6) is 0 Å². The van der Waals surface area contributed by atoms with Crippen LogP contribution in [0.2, 0.25) is 5.02 Å². The highest BCUT2D eigenvalue weighted by atomic mass is 35.5. The number of fused-ring (bicyclic) bond motifs is 1. The Morgan fingerprint density at radius 1 is 1.44 bits per heavy atom. The third-order valence-corrected chi connectivity index (χ3v) is 4.40. The van der Waals surface area contributed by atoms with Gasteiger partial charge in [-0.2, -0.15) is 11.8 Å². The van der Waals surface area contributed by atoms with Crippen molar-refractivity contribution in [2.45, 2.75) is 19.4 Å². The monoisotopic (exact) mass is 283 g/mol. The van der Waals surface area contributed by atoms with Gasteiger partial charge in [0.25, 0.3) is 0 Å². The van der Waals surface area contributed by atoms with E-state index in [0.717, 1.165) is 22.5 Å². The molecule has 0 aliphatic rings. The minimum Gasteiger partial charge on any atom is -0.458 e. The van der Waals surface area contributed by atoms with E-state index in [0.29, 0.717) is 5.02 Å². The second-order valence-electron chi connectivity index (χ2n) is 4.22. The summed E-state index contributed by atoms with van der Waals surface area (Å²) in [5, 5.41) is 5.04. The first kappa shape index (κ1) is 13.8. The molecule has 2 nitrogen and oxygen atoms in total. The van der Waals surface area contributed by atoms with Crippen molar-refractivity contribution in [3.63, 3.8) is 0 Å². The lowest BCUT2D eigenvalue weighted by Crippen LogP contribution is -2.18. The van der Waals surface area contributed by atoms with Crippen LogP contribution in [0.15, 0.2) is 28.7 Å². The predicted molar refractivity (Wildman–Crippen MR) is 80.6 cm³/mol. The quantitative estimate of drug-likeness (QED) is 0.791. The average molecular weight is 284 g/mol. The van der Waals surface area contributed by atoms with Gasteiger partial charge in [-0.05, 0) is 31.4 Å². The van der Waals surface area contributed by atoms with Gasteiger partial charge in [0.05, 0.1) is 11.1 Å². The standard InChI is InChI=1S/C14H18ClNOS/c1-3-7-18-9-12(16-2)13-8-10-5-4-6-11(15)14(10)17-13/h4-6,8,12,16H,3,7,9H2,1-2H3. The number of hydrogen-bond donors (Lipinski definition) is 1. The lowest BCUT2D eigenvalue weighted by Gasteiger charge is -2.12. The normalized spacial score (nSPS) is 13.1. The van der Waals surface area contributed by atoms with Crippen molar-refractivity contribution < 1.29 is 4.42 Å². The van der Waals surface area contributed by atoms with Gasteiger partial charge in [-0.15, -0.1) is 0 Å². The molecule has 0 aliphatic carbocycles. The van der Waals surface area contributed by atoms with Crippen molar-refractivity contribution >= 4 is 34.3 Å². The maximum atomic E-state index is 6.13. The highest BCUT2D eigenvalue weighted by Crippen LogP contribution is 2.30. The third-order valence-electron chi connectivity index (χ3n) is 2.84. The summed E-state index contributed by atoms with van der Waals surface area (Å²) in [6.45, 7) is 2.20. The van der Waals surface area contributed by atoms with Gasteiger partial charge in [0.2, 0.25) is 0 Å². The number of benzene rings is 1. The van der Waals surface area contributed by atoms with Gasteiger partial charge in [-0.25, -0.2) is 0 Å². The van der Waals surface area contributed by atoms with E-state index in [-0.39, 0.29) is 6.04 Å². The first-order valence-electron chi connectivity index (χ1n) is 6.19. The summed E-state index contributed by atoms with van der Waals surface area (Å²) >= 11 is 8.07. The Bertz CT molecular complexity index is 511. The van der Waals surface area contributed by atoms with Crippen molar-refractivity contribution in [2.24, 2.45) is 0 Å². The Hall–Kier alpha value is -0.640. The van der Waals surface area contributed by atoms with Gasteiger partial charge >= 0.3 is 0 Å². The number of para-hydroxylation sites is 1. The summed E-state index contributed by atoms with van der Waals surface area (Å²) in [7, 11) is 1.96. The van der Waals surface area contributed by atoms with Crippen LogP contribution < -0.4 is 5.32 Å². The van der Waals surface area contributed by atoms with E-state index in [1.54, 1.807) is 0 Å². The van der Waals surface area contributed by atoms with Crippen LogP contribution >= 0.6 is 23.4 Å². The highest BCUT2D eigenvalue weighted by molar-refractivity contribution is 7.99. The van der Waals surface area contributed by atoms with Gasteiger partial charge < -0.3 is 9.73 Å². The van der Waals surface area contributed by atoms with Crippen LogP contribution in [0.1, 0.15) is 25.1 Å². The van der Waals surface area contributed by atoms with Crippen molar-refractivity contribution in [1.29, 1.82) is 0 Å². The maximum absolute atomic E-state index is 6.13. The molecule has 0 fully saturated rings. The first-order valence-corrected chi connectivity index (χ1v) is 7.72. The summed E-state index contributed by atoms with van der Waals surface area (Å²) in [5.74, 6) is 3.16. The fourth-order valence-corrected chi connectivity index (χ4v) is 3.11. The molecule has 4 heteroatoms. The molecule has 2 aromatic rings. The molecule has 0 spiro atoms. The summed E-state index contributed by atoms with van der Waals surface area (Å²) in [5.41, 5.74) is 0.787. The Labute approximate surface area is 117 Å². The molecule has 0 saturated heterocycles. The largest absolute Gasteiger partial charge is 0.458 e. The van der Waals surface area contributed by atoms with Crippen LogP contribution in [0, 0.1) is 0 Å². The van der Waals surface area contributed by atoms with Crippen molar-refractivity contribution in [1.82, 2.24) is 5.32 Å². The van der Waals surface area contributed by atoms with E-state index in [4.69, 9.17) is 16.0 Å². The topological polar surface area (TPSA) is 25.2 Å². The van der Waals surface area contributed by atoms with E-state index in [1.165, 1.54) is 12.2 Å². The summed E-state index contributed by atoms with van der Waals surface area (Å²) in [4.78, 5) is 0. The van der Waals surface area contributed by atoms with Crippen molar-refractivity contribution in [2.75, 3.05) is 18.6 Å². The Morgan fingerprint density at radius 3 is 2.94 bits per heavy atom. The Morgan fingerprint density at radius 2 is 2.28 bits per heavy atom. The van der Waals surface area contributed by atoms with E-state index in [2.05, 4.69) is 18.3 Å². The smallest absolute Gasteiger partial charge is 0.152 e. The average Bonchev–Trinajstić information content (AvgIpc) is 2.80. The molecular weight excluding hydrogens is 266 g/mol. The fraction of sp³-hybridized carbons (Fsp3) is 0.429. The summed E-state index contributed by atoms with van der Waals surface area (Å²) in [6, 6.07) is 8.15.